The van der Waals surface area contributed by atoms with Gasteiger partial charge in [0.15, 0.2) is 0 Å². The molecule has 0 radical (unpaired) electrons. The van der Waals surface area contributed by atoms with E-state index in [0.717, 1.165) is 0 Å². The quantitative estimate of drug-likeness (QED) is 0.536. The van der Waals surface area contributed by atoms with Crippen molar-refractivity contribution in [1.29, 1.82) is 0 Å². The molecule has 0 saturated carbocycles. The normalized spacial score (nSPS) is 10.9. The van der Waals surface area contributed by atoms with E-state index in [2.05, 4.69) is 34.3 Å². The first-order valence-corrected chi connectivity index (χ1v) is 7.07. The fraction of sp³-hybridized carbons (Fsp3) is 0.222. The maximum Gasteiger partial charge on any atom is 0.0819 e. The van der Waals surface area contributed by atoms with Gasteiger partial charge >= 0.3 is 0 Å². The van der Waals surface area contributed by atoms with Crippen LogP contribution in [0.25, 0.3) is 0 Å². The van der Waals surface area contributed by atoms with Gasteiger partial charge in [-0.25, -0.2) is 0 Å². The Balaban J connectivity index is 0.00000242. The highest BCUT2D eigenvalue weighted by Gasteiger charge is 1.87. The highest BCUT2D eigenvalue weighted by Crippen LogP contribution is 2.00. The molecule has 0 aliphatic heterocycles. The monoisotopic (exact) mass is 316 g/mol. The molecule has 0 spiro atoms. The van der Waals surface area contributed by atoms with Crippen molar-refractivity contribution < 1.29 is 4.74 Å². The van der Waals surface area contributed by atoms with E-state index in [9.17, 15) is 0 Å². The Morgan fingerprint density at radius 2 is 1.09 bits per heavy atom. The first-order valence-electron chi connectivity index (χ1n) is 7.07. The number of benzene rings is 2. The largest absolute Gasteiger partial charge is 0.370 e. The highest BCUT2D eigenvalue weighted by atomic mass is 35.5. The van der Waals surface area contributed by atoms with Crippen LogP contribution >= 0.6 is 12.4 Å². The van der Waals surface area contributed by atoms with Crippen LogP contribution in [0, 0.1) is 0 Å². The lowest BCUT2D eigenvalue weighted by Crippen LogP contribution is -1.99. The van der Waals surface area contributed by atoms with Gasteiger partial charge in [0.25, 0.3) is 0 Å². The van der Waals surface area contributed by atoms with Gasteiger partial charge in [-0.05, 0) is 11.1 Å². The van der Waals surface area contributed by atoms with E-state index in [1.54, 1.807) is 12.4 Å². The van der Waals surface area contributed by atoms with Crippen LogP contribution in [0.1, 0.15) is 11.1 Å². The van der Waals surface area contributed by atoms with Crippen molar-refractivity contribution in [3.63, 3.8) is 0 Å². The maximum atomic E-state index is 5.41. The van der Waals surface area contributed by atoms with Gasteiger partial charge in [0.1, 0.15) is 0 Å². The lowest BCUT2D eigenvalue weighted by Gasteiger charge is -1.97. The first-order chi connectivity index (χ1) is 10.4. The standard InChI is InChI=1S/C18H20N2O.ClH/c1-3-7-17(8-4-1)15-19-11-13-21-14-12-20-16-18-9-5-2-6-10-18;/h1-12H,13-16H2;1H. The van der Waals surface area contributed by atoms with Crippen molar-refractivity contribution in [2.45, 2.75) is 13.1 Å². The fourth-order valence-electron chi connectivity index (χ4n) is 1.79. The summed E-state index contributed by atoms with van der Waals surface area (Å²) in [6.07, 6.45) is 3.61. The summed E-state index contributed by atoms with van der Waals surface area (Å²) in [6, 6.07) is 20.3. The molecule has 0 N–H and O–H groups in total. The summed E-state index contributed by atoms with van der Waals surface area (Å²) in [6.45, 7) is 2.44. The molecule has 116 valence electrons. The van der Waals surface area contributed by atoms with Gasteiger partial charge < -0.3 is 4.74 Å². The Bertz CT molecular complexity index is 504. The molecule has 0 bridgehead atoms. The lowest BCUT2D eigenvalue weighted by molar-refractivity contribution is 0.220. The minimum Gasteiger partial charge on any atom is -0.370 e. The van der Waals surface area contributed by atoms with Crippen molar-refractivity contribution in [3.05, 3.63) is 71.8 Å². The second kappa shape index (κ2) is 11.7. The van der Waals surface area contributed by atoms with Crippen LogP contribution < -0.4 is 0 Å². The predicted octanol–water partition coefficient (Wildman–Crippen LogP) is 3.97. The van der Waals surface area contributed by atoms with E-state index in [1.165, 1.54) is 11.1 Å². The molecule has 0 aliphatic rings. The summed E-state index contributed by atoms with van der Waals surface area (Å²) in [7, 11) is 0. The van der Waals surface area contributed by atoms with Crippen molar-refractivity contribution in [1.82, 2.24) is 0 Å². The molecule has 2 rings (SSSR count). The van der Waals surface area contributed by atoms with Crippen LogP contribution in [0.15, 0.2) is 70.6 Å². The average molecular weight is 317 g/mol. The zero-order valence-electron chi connectivity index (χ0n) is 12.5. The highest BCUT2D eigenvalue weighted by molar-refractivity contribution is 5.85. The Kier molecular flexibility index (Phi) is 9.59. The number of hydrogen-bond acceptors (Lipinski definition) is 3. The molecule has 0 aliphatic carbocycles. The molecule has 0 aromatic heterocycles. The predicted molar refractivity (Wildman–Crippen MR) is 95.3 cm³/mol. The molecule has 0 fully saturated rings. The second-order valence-electron chi connectivity index (χ2n) is 4.56. The second-order valence-corrected chi connectivity index (χ2v) is 4.56. The van der Waals surface area contributed by atoms with Gasteiger partial charge in [-0.15, -0.1) is 12.4 Å². The zero-order chi connectivity index (χ0) is 14.6. The Morgan fingerprint density at radius 1 is 0.682 bits per heavy atom. The fourth-order valence-corrected chi connectivity index (χ4v) is 1.79. The van der Waals surface area contributed by atoms with E-state index < -0.39 is 0 Å². The van der Waals surface area contributed by atoms with Crippen molar-refractivity contribution in [2.24, 2.45) is 9.98 Å². The van der Waals surface area contributed by atoms with Gasteiger partial charge in [0.2, 0.25) is 0 Å². The van der Waals surface area contributed by atoms with E-state index >= 15 is 0 Å². The molecule has 2 aromatic carbocycles. The Hall–Kier alpha value is -1.97. The molecule has 3 nitrogen and oxygen atoms in total. The molecule has 0 amide bonds. The number of nitrogens with zero attached hydrogens (tertiary/aromatic N) is 2. The topological polar surface area (TPSA) is 34.0 Å². The van der Waals surface area contributed by atoms with Gasteiger partial charge in [0, 0.05) is 12.4 Å². The van der Waals surface area contributed by atoms with E-state index in [4.69, 9.17) is 4.74 Å². The van der Waals surface area contributed by atoms with Crippen LogP contribution in [-0.2, 0) is 17.8 Å². The van der Waals surface area contributed by atoms with E-state index in [-0.39, 0.29) is 12.4 Å². The van der Waals surface area contributed by atoms with Crippen LogP contribution in [0.4, 0.5) is 0 Å². The molecular weight excluding hydrogens is 296 g/mol. The smallest absolute Gasteiger partial charge is 0.0819 e. The number of halogens is 1. The van der Waals surface area contributed by atoms with Crippen molar-refractivity contribution >= 4 is 24.8 Å². The minimum atomic E-state index is 0. The average Bonchev–Trinajstić information content (AvgIpc) is 2.55. The summed E-state index contributed by atoms with van der Waals surface area (Å²) in [5.74, 6) is 0. The Labute approximate surface area is 138 Å². The third-order valence-corrected chi connectivity index (χ3v) is 2.88. The summed E-state index contributed by atoms with van der Waals surface area (Å²) < 4.78 is 5.41. The summed E-state index contributed by atoms with van der Waals surface area (Å²) in [4.78, 5) is 8.62. The van der Waals surface area contributed by atoms with Crippen LogP contribution in [-0.4, -0.2) is 25.6 Å². The van der Waals surface area contributed by atoms with E-state index in [0.29, 0.717) is 26.3 Å². The van der Waals surface area contributed by atoms with Gasteiger partial charge in [-0.3, -0.25) is 9.98 Å². The van der Waals surface area contributed by atoms with Crippen molar-refractivity contribution in [3.8, 4) is 0 Å². The number of hydrogen-bond donors (Lipinski definition) is 0. The molecule has 0 saturated heterocycles. The summed E-state index contributed by atoms with van der Waals surface area (Å²) in [5, 5.41) is 0. The third kappa shape index (κ3) is 7.72. The zero-order valence-corrected chi connectivity index (χ0v) is 13.3. The molecular formula is C18H21ClN2O. The van der Waals surface area contributed by atoms with Crippen LogP contribution in [0.5, 0.6) is 0 Å². The summed E-state index contributed by atoms with van der Waals surface area (Å²) in [5.41, 5.74) is 2.41. The third-order valence-electron chi connectivity index (χ3n) is 2.88. The Morgan fingerprint density at radius 3 is 1.50 bits per heavy atom. The van der Waals surface area contributed by atoms with Crippen molar-refractivity contribution in [2.75, 3.05) is 13.2 Å². The molecule has 2 aromatic rings. The number of aliphatic imine (C=N–C) groups is 2. The summed E-state index contributed by atoms with van der Waals surface area (Å²) >= 11 is 0. The molecule has 0 heterocycles. The van der Waals surface area contributed by atoms with Gasteiger partial charge in [-0.1, -0.05) is 60.7 Å². The molecule has 0 atom stereocenters. The lowest BCUT2D eigenvalue weighted by atomic mass is 10.2. The number of rotatable bonds is 8. The van der Waals surface area contributed by atoms with Gasteiger partial charge in [0.05, 0.1) is 26.3 Å². The molecule has 0 unspecified atom stereocenters. The molecule has 4 heteroatoms. The van der Waals surface area contributed by atoms with Crippen LogP contribution in [0.2, 0.25) is 0 Å². The first kappa shape index (κ1) is 18.1. The molecule has 22 heavy (non-hydrogen) atoms. The maximum absolute atomic E-state index is 5.41. The van der Waals surface area contributed by atoms with Crippen LogP contribution in [0.3, 0.4) is 0 Å². The van der Waals surface area contributed by atoms with E-state index in [1.807, 2.05) is 36.4 Å². The number of ether oxygens (including phenoxy) is 1. The van der Waals surface area contributed by atoms with Gasteiger partial charge in [-0.2, -0.15) is 0 Å². The SMILES string of the molecule is C(COCC=NCc1ccccc1)=NCc1ccccc1.Cl. The minimum absolute atomic E-state index is 0.